The molecule has 6 heteroatoms. The maximum Gasteiger partial charge on any atom is 0.410 e. The molecule has 0 bridgehead atoms. The molecule has 0 N–H and O–H groups in total. The third-order valence-corrected chi connectivity index (χ3v) is 3.80. The van der Waals surface area contributed by atoms with Crippen LogP contribution in [0.25, 0.3) is 0 Å². The lowest BCUT2D eigenvalue weighted by Crippen LogP contribution is -2.56. The number of benzene rings is 1. The van der Waals surface area contributed by atoms with Gasteiger partial charge in [0.25, 0.3) is 5.91 Å². The molecule has 1 aromatic carbocycles. The summed E-state index contributed by atoms with van der Waals surface area (Å²) in [4.78, 5) is 28.2. The number of piperazine rings is 1. The van der Waals surface area contributed by atoms with Crippen molar-refractivity contribution in [2.75, 3.05) is 19.6 Å². The van der Waals surface area contributed by atoms with Crippen molar-refractivity contribution in [3.8, 4) is 6.07 Å². The highest BCUT2D eigenvalue weighted by molar-refractivity contribution is 5.94. The summed E-state index contributed by atoms with van der Waals surface area (Å²) in [5.74, 6) is -0.0878. The Balaban J connectivity index is 2.00. The van der Waals surface area contributed by atoms with Crippen LogP contribution in [0.15, 0.2) is 24.3 Å². The zero-order valence-corrected chi connectivity index (χ0v) is 14.6. The van der Waals surface area contributed by atoms with Crippen molar-refractivity contribution in [1.82, 2.24) is 9.80 Å². The normalized spacial score (nSPS) is 18.0. The zero-order chi connectivity index (χ0) is 17.9. The van der Waals surface area contributed by atoms with E-state index >= 15 is 0 Å². The van der Waals surface area contributed by atoms with E-state index in [2.05, 4.69) is 0 Å². The molecule has 1 atom stereocenters. The van der Waals surface area contributed by atoms with Gasteiger partial charge < -0.3 is 14.5 Å². The second kappa shape index (κ2) is 6.91. The van der Waals surface area contributed by atoms with E-state index in [-0.39, 0.29) is 18.0 Å². The van der Waals surface area contributed by atoms with Crippen LogP contribution in [0.3, 0.4) is 0 Å². The molecule has 0 aliphatic carbocycles. The first-order valence-electron chi connectivity index (χ1n) is 8.00. The van der Waals surface area contributed by atoms with Gasteiger partial charge in [-0.15, -0.1) is 0 Å². The molecule has 2 amide bonds. The first kappa shape index (κ1) is 17.8. The topological polar surface area (TPSA) is 73.6 Å². The first-order chi connectivity index (χ1) is 11.2. The van der Waals surface area contributed by atoms with E-state index in [0.29, 0.717) is 30.8 Å². The van der Waals surface area contributed by atoms with Gasteiger partial charge in [0.15, 0.2) is 0 Å². The van der Waals surface area contributed by atoms with Crippen LogP contribution in [0.4, 0.5) is 4.79 Å². The smallest absolute Gasteiger partial charge is 0.410 e. The molecule has 1 heterocycles. The minimum Gasteiger partial charge on any atom is -0.444 e. The highest BCUT2D eigenvalue weighted by Gasteiger charge is 2.32. The van der Waals surface area contributed by atoms with Gasteiger partial charge in [-0.1, -0.05) is 0 Å². The van der Waals surface area contributed by atoms with Crippen molar-refractivity contribution < 1.29 is 14.3 Å². The number of nitrogens with zero attached hydrogens (tertiary/aromatic N) is 3. The molecule has 0 saturated carbocycles. The van der Waals surface area contributed by atoms with Crippen LogP contribution in [-0.4, -0.2) is 53.1 Å². The van der Waals surface area contributed by atoms with Crippen LogP contribution < -0.4 is 0 Å². The van der Waals surface area contributed by atoms with E-state index in [9.17, 15) is 9.59 Å². The number of rotatable bonds is 1. The van der Waals surface area contributed by atoms with Gasteiger partial charge in [0.05, 0.1) is 11.6 Å². The Kier molecular flexibility index (Phi) is 5.13. The molecule has 0 aromatic heterocycles. The molecule has 2 rings (SSSR count). The molecule has 6 nitrogen and oxygen atoms in total. The number of ether oxygens (including phenoxy) is 1. The lowest BCUT2D eigenvalue weighted by Gasteiger charge is -2.40. The number of hydrogen-bond acceptors (Lipinski definition) is 4. The number of amides is 2. The maximum absolute atomic E-state index is 12.6. The Bertz CT molecular complexity index is 656. The van der Waals surface area contributed by atoms with Gasteiger partial charge in [-0.3, -0.25) is 4.79 Å². The van der Waals surface area contributed by atoms with Crippen LogP contribution in [0, 0.1) is 11.3 Å². The predicted octanol–water partition coefficient (Wildman–Crippen LogP) is 2.64. The summed E-state index contributed by atoms with van der Waals surface area (Å²) in [7, 11) is 0. The summed E-state index contributed by atoms with van der Waals surface area (Å²) in [5.41, 5.74) is 0.535. The molecular weight excluding hydrogens is 306 g/mol. The van der Waals surface area contributed by atoms with Crippen molar-refractivity contribution in [3.63, 3.8) is 0 Å². The maximum atomic E-state index is 12.6. The Morgan fingerprint density at radius 2 is 1.83 bits per heavy atom. The molecule has 0 spiro atoms. The van der Waals surface area contributed by atoms with Crippen LogP contribution in [-0.2, 0) is 4.74 Å². The summed E-state index contributed by atoms with van der Waals surface area (Å²) in [6.07, 6.45) is -0.347. The monoisotopic (exact) mass is 329 g/mol. The van der Waals surface area contributed by atoms with Crippen LogP contribution in [0.5, 0.6) is 0 Å². The summed E-state index contributed by atoms with van der Waals surface area (Å²) in [6, 6.07) is 8.50. The Morgan fingerprint density at radius 1 is 1.21 bits per heavy atom. The first-order valence-corrected chi connectivity index (χ1v) is 8.00. The minimum atomic E-state index is -0.535. The summed E-state index contributed by atoms with van der Waals surface area (Å²) in [5, 5.41) is 8.82. The average Bonchev–Trinajstić information content (AvgIpc) is 2.52. The summed E-state index contributed by atoms with van der Waals surface area (Å²) < 4.78 is 5.41. The third-order valence-electron chi connectivity index (χ3n) is 3.80. The number of carbonyl (C=O) groups is 2. The predicted molar refractivity (Wildman–Crippen MR) is 89.5 cm³/mol. The summed E-state index contributed by atoms with van der Waals surface area (Å²) in [6.45, 7) is 8.77. The van der Waals surface area contributed by atoms with Gasteiger partial charge in [-0.05, 0) is 52.0 Å². The molecule has 1 saturated heterocycles. The van der Waals surface area contributed by atoms with E-state index in [1.807, 2.05) is 33.8 Å². The standard InChI is InChI=1S/C18H23N3O3/c1-13-12-20(9-10-21(13)17(23)24-18(2,3)4)16(22)15-7-5-14(11-19)6-8-15/h5-8,13H,9-10,12H2,1-4H3. The summed E-state index contributed by atoms with van der Waals surface area (Å²) >= 11 is 0. The molecule has 128 valence electrons. The lowest BCUT2D eigenvalue weighted by atomic mass is 10.1. The Hall–Kier alpha value is -2.55. The fraction of sp³-hybridized carbons (Fsp3) is 0.500. The largest absolute Gasteiger partial charge is 0.444 e. The van der Waals surface area contributed by atoms with Gasteiger partial charge in [0, 0.05) is 31.2 Å². The molecule has 1 aliphatic heterocycles. The van der Waals surface area contributed by atoms with Gasteiger partial charge >= 0.3 is 6.09 Å². The van der Waals surface area contributed by atoms with Crippen LogP contribution in [0.1, 0.15) is 43.6 Å². The van der Waals surface area contributed by atoms with Crippen molar-refractivity contribution in [1.29, 1.82) is 5.26 Å². The average molecular weight is 329 g/mol. The molecule has 0 radical (unpaired) electrons. The van der Waals surface area contributed by atoms with Crippen molar-refractivity contribution in [2.24, 2.45) is 0 Å². The zero-order valence-electron chi connectivity index (χ0n) is 14.6. The van der Waals surface area contributed by atoms with E-state index in [1.54, 1.807) is 34.1 Å². The van der Waals surface area contributed by atoms with Crippen LogP contribution in [0.2, 0.25) is 0 Å². The van der Waals surface area contributed by atoms with Gasteiger partial charge in [-0.25, -0.2) is 4.79 Å². The van der Waals surface area contributed by atoms with Crippen molar-refractivity contribution in [3.05, 3.63) is 35.4 Å². The van der Waals surface area contributed by atoms with E-state index < -0.39 is 5.60 Å². The van der Waals surface area contributed by atoms with E-state index in [0.717, 1.165) is 0 Å². The molecule has 24 heavy (non-hydrogen) atoms. The van der Waals surface area contributed by atoms with Crippen molar-refractivity contribution >= 4 is 12.0 Å². The van der Waals surface area contributed by atoms with Gasteiger partial charge in [0.1, 0.15) is 5.60 Å². The Labute approximate surface area is 142 Å². The number of hydrogen-bond donors (Lipinski definition) is 0. The van der Waals surface area contributed by atoms with Crippen molar-refractivity contribution in [2.45, 2.75) is 39.3 Å². The fourth-order valence-electron chi connectivity index (χ4n) is 2.60. The molecular formula is C18H23N3O3. The lowest BCUT2D eigenvalue weighted by molar-refractivity contribution is 0.00198. The molecule has 1 fully saturated rings. The number of carbonyl (C=O) groups excluding carboxylic acids is 2. The third kappa shape index (κ3) is 4.25. The van der Waals surface area contributed by atoms with E-state index in [4.69, 9.17) is 10.00 Å². The second-order valence-electron chi connectivity index (χ2n) is 6.96. The quantitative estimate of drug-likeness (QED) is 0.794. The molecule has 1 aromatic rings. The molecule has 1 aliphatic rings. The van der Waals surface area contributed by atoms with Gasteiger partial charge in [-0.2, -0.15) is 5.26 Å². The molecule has 1 unspecified atom stereocenters. The Morgan fingerprint density at radius 3 is 2.33 bits per heavy atom. The fourth-order valence-corrected chi connectivity index (χ4v) is 2.60. The highest BCUT2D eigenvalue weighted by atomic mass is 16.6. The SMILES string of the molecule is CC1CN(C(=O)c2ccc(C#N)cc2)CCN1C(=O)OC(C)(C)C. The second-order valence-corrected chi connectivity index (χ2v) is 6.96. The van der Waals surface area contributed by atoms with Gasteiger partial charge in [0.2, 0.25) is 0 Å². The highest BCUT2D eigenvalue weighted by Crippen LogP contribution is 2.17. The van der Waals surface area contributed by atoms with Crippen LogP contribution >= 0.6 is 0 Å². The minimum absolute atomic E-state index is 0.0878. The number of nitriles is 1. The van der Waals surface area contributed by atoms with E-state index in [1.165, 1.54) is 0 Å².